The zero-order chi connectivity index (χ0) is 36.3. The number of aromatic nitrogens is 2. The molecule has 0 N–H and O–H groups in total. The van der Waals surface area contributed by atoms with E-state index < -0.39 is 49.0 Å². The van der Waals surface area contributed by atoms with Crippen LogP contribution < -0.4 is 9.64 Å². The minimum absolute atomic E-state index is 0.0628. The highest BCUT2D eigenvalue weighted by Crippen LogP contribution is 2.41. The summed E-state index contributed by atoms with van der Waals surface area (Å²) in [6, 6.07) is 11.6. The van der Waals surface area contributed by atoms with Crippen LogP contribution in [0.15, 0.2) is 54.7 Å². The summed E-state index contributed by atoms with van der Waals surface area (Å²) in [6.07, 6.45) is -4.71. The van der Waals surface area contributed by atoms with Gasteiger partial charge in [-0.1, -0.05) is 11.6 Å². The number of ketones is 1. The van der Waals surface area contributed by atoms with E-state index in [2.05, 4.69) is 4.98 Å². The number of Topliss-reactive ketones (excluding diaryl/α,β-unsaturated/α-hetero) is 1. The second-order valence-corrected chi connectivity index (χ2v) is 13.0. The van der Waals surface area contributed by atoms with Gasteiger partial charge in [-0.25, -0.2) is 23.5 Å². The summed E-state index contributed by atoms with van der Waals surface area (Å²) in [5, 5.41) is 0. The number of rotatable bonds is 8. The second-order valence-electron chi connectivity index (χ2n) is 13.0. The third-order valence-electron chi connectivity index (χ3n) is 9.16. The largest absolute Gasteiger partial charge is 0.481 e. The summed E-state index contributed by atoms with van der Waals surface area (Å²) in [5.74, 6) is -2.41. The summed E-state index contributed by atoms with van der Waals surface area (Å²) < 4.78 is 80.0. The summed E-state index contributed by atoms with van der Waals surface area (Å²) in [5.41, 5.74) is 4.90. The number of ether oxygens (including phenoxy) is 2. The zero-order valence-corrected chi connectivity index (χ0v) is 28.3. The van der Waals surface area contributed by atoms with E-state index in [0.717, 1.165) is 34.4 Å². The van der Waals surface area contributed by atoms with E-state index in [4.69, 9.17) is 14.5 Å². The minimum atomic E-state index is -4.59. The molecule has 2 saturated heterocycles. The molecule has 2 aromatic heterocycles. The van der Waals surface area contributed by atoms with Crippen molar-refractivity contribution in [1.82, 2.24) is 14.9 Å². The van der Waals surface area contributed by atoms with Gasteiger partial charge in [0.05, 0.1) is 44.0 Å². The second kappa shape index (κ2) is 12.7. The number of nitrogens with zero attached hydrogens (tertiary/aromatic N) is 4. The van der Waals surface area contributed by atoms with Crippen LogP contribution in [0.2, 0.25) is 0 Å². The number of alkyl halides is 5. The van der Waals surface area contributed by atoms with Crippen LogP contribution in [-0.4, -0.2) is 58.9 Å². The standard InChI is InChI=1S/C37H35F5N4O4/c1-19-9-25(13-27(10-19)37(40,41)42)33-22(4)46(35(48)50-33)16-30-28(7-8-31(44-30)45-17-36(38,39)18-45)29-14-26(15-43-34(29)49-6)32-20(2)11-24(23(5)47)12-21(32)3/h7-15,22,33H,16-18H2,1-6H3/t22-,33-/m0/s1. The monoisotopic (exact) mass is 694 g/mol. The lowest BCUT2D eigenvalue weighted by molar-refractivity contribution is -0.137. The molecule has 13 heteroatoms. The molecule has 4 heterocycles. The Morgan fingerprint density at radius 2 is 1.70 bits per heavy atom. The van der Waals surface area contributed by atoms with Gasteiger partial charge in [-0.2, -0.15) is 13.2 Å². The number of amides is 1. The number of pyridine rings is 2. The molecule has 0 aliphatic carbocycles. The number of methoxy groups -OCH3 is 1. The number of aryl methyl sites for hydroxylation is 3. The van der Waals surface area contributed by atoms with Gasteiger partial charge in [0.15, 0.2) is 5.78 Å². The topological polar surface area (TPSA) is 84.9 Å². The van der Waals surface area contributed by atoms with Gasteiger partial charge in [0, 0.05) is 28.5 Å². The van der Waals surface area contributed by atoms with Crippen molar-refractivity contribution in [3.05, 3.63) is 93.8 Å². The fourth-order valence-corrected chi connectivity index (χ4v) is 6.73. The highest BCUT2D eigenvalue weighted by atomic mass is 19.4. The minimum Gasteiger partial charge on any atom is -0.481 e. The van der Waals surface area contributed by atoms with Crippen molar-refractivity contribution in [1.29, 1.82) is 0 Å². The maximum atomic E-state index is 13.9. The molecule has 2 aromatic carbocycles. The van der Waals surface area contributed by atoms with Gasteiger partial charge in [-0.3, -0.25) is 9.69 Å². The molecule has 0 spiro atoms. The molecule has 4 aromatic rings. The molecule has 2 atom stereocenters. The lowest BCUT2D eigenvalue weighted by Gasteiger charge is -2.39. The Bertz CT molecular complexity index is 1980. The Kier molecular flexibility index (Phi) is 8.82. The fourth-order valence-electron chi connectivity index (χ4n) is 6.73. The van der Waals surface area contributed by atoms with Crippen molar-refractivity contribution in [3.63, 3.8) is 0 Å². The molecular weight excluding hydrogens is 659 g/mol. The van der Waals surface area contributed by atoms with Crippen LogP contribution in [0.3, 0.4) is 0 Å². The number of cyclic esters (lactones) is 1. The highest BCUT2D eigenvalue weighted by Gasteiger charge is 2.45. The molecule has 0 saturated carbocycles. The first-order valence-electron chi connectivity index (χ1n) is 15.9. The summed E-state index contributed by atoms with van der Waals surface area (Å²) in [7, 11) is 1.45. The van der Waals surface area contributed by atoms with Crippen molar-refractivity contribution >= 4 is 17.7 Å². The highest BCUT2D eigenvalue weighted by molar-refractivity contribution is 5.95. The third kappa shape index (κ3) is 6.60. The Labute approximate surface area is 285 Å². The molecule has 1 amide bonds. The average molecular weight is 695 g/mol. The van der Waals surface area contributed by atoms with Crippen molar-refractivity contribution in [2.75, 3.05) is 25.1 Å². The molecule has 50 heavy (non-hydrogen) atoms. The molecular formula is C37H35F5N4O4. The van der Waals surface area contributed by atoms with Gasteiger partial charge >= 0.3 is 12.3 Å². The lowest BCUT2D eigenvalue weighted by Crippen LogP contribution is -2.56. The first-order valence-corrected chi connectivity index (χ1v) is 15.9. The van der Waals surface area contributed by atoms with Gasteiger partial charge in [-0.15, -0.1) is 0 Å². The molecule has 6 rings (SSSR count). The molecule has 2 aliphatic heterocycles. The number of halogens is 5. The molecule has 0 bridgehead atoms. The average Bonchev–Trinajstić information content (AvgIpc) is 3.31. The van der Waals surface area contributed by atoms with Crippen LogP contribution in [-0.2, 0) is 17.5 Å². The number of anilines is 1. The number of hydrogen-bond donors (Lipinski definition) is 0. The number of carbonyl (C=O) groups excluding carboxylic acids is 2. The van der Waals surface area contributed by atoms with Crippen molar-refractivity contribution in [2.45, 2.75) is 65.4 Å². The molecule has 8 nitrogen and oxygen atoms in total. The van der Waals surface area contributed by atoms with E-state index in [1.807, 2.05) is 32.0 Å². The zero-order valence-electron chi connectivity index (χ0n) is 28.3. The Morgan fingerprint density at radius 3 is 2.30 bits per heavy atom. The van der Waals surface area contributed by atoms with Crippen molar-refractivity contribution < 1.29 is 41.0 Å². The van der Waals surface area contributed by atoms with Crippen molar-refractivity contribution in [3.8, 4) is 28.1 Å². The predicted molar refractivity (Wildman–Crippen MR) is 177 cm³/mol. The normalized spacial score (nSPS) is 18.6. The van der Waals surface area contributed by atoms with Gasteiger partial charge in [0.2, 0.25) is 5.88 Å². The maximum Gasteiger partial charge on any atom is 0.416 e. The van der Waals surface area contributed by atoms with E-state index in [-0.39, 0.29) is 29.6 Å². The SMILES string of the molecule is COc1ncc(-c2c(C)cc(C(C)=O)cc2C)cc1-c1ccc(N2CC(F)(F)C2)nc1CN1C(=O)O[C@H](c2cc(C)cc(C(F)(F)F)c2)[C@@H]1C. The smallest absolute Gasteiger partial charge is 0.416 e. The van der Waals surface area contributed by atoms with E-state index >= 15 is 0 Å². The Morgan fingerprint density at radius 1 is 1.02 bits per heavy atom. The fraction of sp³-hybridized carbons (Fsp3) is 0.351. The quantitative estimate of drug-likeness (QED) is 0.135. The van der Waals surface area contributed by atoms with Crippen LogP contribution in [0.1, 0.15) is 63.8 Å². The first kappa shape index (κ1) is 34.8. The summed E-state index contributed by atoms with van der Waals surface area (Å²) in [4.78, 5) is 37.5. The van der Waals surface area contributed by atoms with Crippen LogP contribution >= 0.6 is 0 Å². The van der Waals surface area contributed by atoms with E-state index in [0.29, 0.717) is 27.9 Å². The molecule has 0 unspecified atom stereocenters. The van der Waals surface area contributed by atoms with E-state index in [1.54, 1.807) is 31.3 Å². The predicted octanol–water partition coefficient (Wildman–Crippen LogP) is 8.50. The number of hydrogen-bond acceptors (Lipinski definition) is 7. The van der Waals surface area contributed by atoms with Crippen molar-refractivity contribution in [2.24, 2.45) is 0 Å². The third-order valence-corrected chi connectivity index (χ3v) is 9.16. The number of carbonyl (C=O) groups is 2. The lowest BCUT2D eigenvalue weighted by atomic mass is 9.92. The Balaban J connectivity index is 1.42. The van der Waals surface area contributed by atoms with E-state index in [1.165, 1.54) is 30.8 Å². The van der Waals surface area contributed by atoms with Gasteiger partial charge in [0.25, 0.3) is 5.92 Å². The van der Waals surface area contributed by atoms with Gasteiger partial charge < -0.3 is 14.4 Å². The summed E-state index contributed by atoms with van der Waals surface area (Å²) >= 11 is 0. The molecule has 2 fully saturated rings. The van der Waals surface area contributed by atoms with Crippen LogP contribution in [0.4, 0.5) is 32.6 Å². The molecule has 262 valence electrons. The van der Waals surface area contributed by atoms with Gasteiger partial charge in [-0.05, 0) is 99.3 Å². The maximum absolute atomic E-state index is 13.9. The molecule has 0 radical (unpaired) electrons. The number of benzene rings is 2. The van der Waals surface area contributed by atoms with Gasteiger partial charge in [0.1, 0.15) is 11.9 Å². The van der Waals surface area contributed by atoms with Crippen LogP contribution in [0.25, 0.3) is 22.3 Å². The molecule has 2 aliphatic rings. The first-order chi connectivity index (χ1) is 23.5. The van der Waals surface area contributed by atoms with Crippen LogP contribution in [0.5, 0.6) is 5.88 Å². The van der Waals surface area contributed by atoms with Crippen LogP contribution in [0, 0.1) is 20.8 Å². The Hall–Kier alpha value is -5.07. The van der Waals surface area contributed by atoms with E-state index in [9.17, 15) is 31.5 Å². The summed E-state index contributed by atoms with van der Waals surface area (Å²) in [6.45, 7) is 7.30.